The second kappa shape index (κ2) is 5.50. The van der Waals surface area contributed by atoms with Crippen LogP contribution in [0.1, 0.15) is 62.8 Å². The molecule has 1 heteroatoms. The number of aliphatic hydroxyl groups is 1. The fourth-order valence-electron chi connectivity index (χ4n) is 3.90. The summed E-state index contributed by atoms with van der Waals surface area (Å²) in [6.07, 6.45) is 11.6. The third-order valence-corrected chi connectivity index (χ3v) is 4.93. The first-order valence-corrected chi connectivity index (χ1v) is 7.77. The average Bonchev–Trinajstić information content (AvgIpc) is 2.49. The van der Waals surface area contributed by atoms with Gasteiger partial charge in [-0.25, -0.2) is 0 Å². The third-order valence-electron chi connectivity index (χ3n) is 4.93. The predicted molar refractivity (Wildman–Crippen MR) is 79.2 cm³/mol. The van der Waals surface area contributed by atoms with Crippen molar-refractivity contribution in [3.63, 3.8) is 0 Å². The molecule has 1 nitrogen and oxygen atoms in total. The van der Waals surface area contributed by atoms with Crippen molar-refractivity contribution >= 4 is 0 Å². The summed E-state index contributed by atoms with van der Waals surface area (Å²) in [6, 6.07) is 10.6. The molecule has 1 aromatic carbocycles. The smallest absolute Gasteiger partial charge is 0.0924 e. The molecule has 0 aromatic heterocycles. The predicted octanol–water partition coefficient (Wildman–Crippen LogP) is 4.58. The van der Waals surface area contributed by atoms with Crippen molar-refractivity contribution in [3.8, 4) is 0 Å². The van der Waals surface area contributed by atoms with Gasteiger partial charge >= 0.3 is 0 Å². The van der Waals surface area contributed by atoms with Crippen molar-refractivity contribution < 1.29 is 5.11 Å². The maximum atomic E-state index is 11.3. The van der Waals surface area contributed by atoms with Crippen LogP contribution in [0, 0.1) is 0 Å². The van der Waals surface area contributed by atoms with Crippen molar-refractivity contribution in [1.82, 2.24) is 0 Å². The molecule has 2 atom stereocenters. The number of hydrogen-bond donors (Lipinski definition) is 1. The summed E-state index contributed by atoms with van der Waals surface area (Å²) < 4.78 is 0. The third kappa shape index (κ3) is 2.49. The van der Waals surface area contributed by atoms with Gasteiger partial charge in [-0.2, -0.15) is 0 Å². The Labute approximate surface area is 116 Å². The highest BCUT2D eigenvalue weighted by atomic mass is 16.3. The first-order valence-electron chi connectivity index (χ1n) is 7.77. The molecule has 1 N–H and O–H groups in total. The minimum absolute atomic E-state index is 0.298. The van der Waals surface area contributed by atoms with E-state index in [9.17, 15) is 5.11 Å². The number of rotatable bonds is 2. The Morgan fingerprint density at radius 3 is 2.58 bits per heavy atom. The van der Waals surface area contributed by atoms with Gasteiger partial charge in [-0.1, -0.05) is 49.2 Å². The van der Waals surface area contributed by atoms with E-state index in [1.165, 1.54) is 30.4 Å². The van der Waals surface area contributed by atoms with Gasteiger partial charge < -0.3 is 5.11 Å². The van der Waals surface area contributed by atoms with E-state index in [1.54, 1.807) is 0 Å². The van der Waals surface area contributed by atoms with Gasteiger partial charge in [0.15, 0.2) is 0 Å². The summed E-state index contributed by atoms with van der Waals surface area (Å²) >= 11 is 0. The lowest BCUT2D eigenvalue weighted by Crippen LogP contribution is -2.41. The van der Waals surface area contributed by atoms with Crippen molar-refractivity contribution in [2.75, 3.05) is 0 Å². The molecule has 0 spiro atoms. The monoisotopic (exact) mass is 256 g/mol. The summed E-state index contributed by atoms with van der Waals surface area (Å²) in [5.74, 6) is 0.298. The number of allylic oxidation sites excluding steroid dienone is 1. The van der Waals surface area contributed by atoms with Gasteiger partial charge in [0.25, 0.3) is 0 Å². The second-order valence-corrected chi connectivity index (χ2v) is 6.11. The molecule has 0 radical (unpaired) electrons. The maximum absolute atomic E-state index is 11.3. The molecule has 0 amide bonds. The quantitative estimate of drug-likeness (QED) is 0.768. The zero-order chi connectivity index (χ0) is 13.1. The molecule has 2 aliphatic carbocycles. The molecule has 19 heavy (non-hydrogen) atoms. The van der Waals surface area contributed by atoms with Crippen LogP contribution >= 0.6 is 0 Å². The van der Waals surface area contributed by atoms with Gasteiger partial charge in [0.1, 0.15) is 0 Å². The molecule has 102 valence electrons. The van der Waals surface area contributed by atoms with Crippen LogP contribution in [-0.2, 0) is 0 Å². The Bertz CT molecular complexity index is 448. The van der Waals surface area contributed by atoms with E-state index in [0.717, 1.165) is 32.1 Å². The zero-order valence-corrected chi connectivity index (χ0v) is 11.6. The molecular formula is C18H24O. The number of hydrogen-bond acceptors (Lipinski definition) is 1. The molecule has 3 rings (SSSR count). The van der Waals surface area contributed by atoms with Crippen LogP contribution in [0.5, 0.6) is 0 Å². The van der Waals surface area contributed by atoms with Gasteiger partial charge in [0, 0.05) is 5.92 Å². The van der Waals surface area contributed by atoms with E-state index >= 15 is 0 Å². The van der Waals surface area contributed by atoms with Crippen molar-refractivity contribution in [3.05, 3.63) is 47.5 Å². The Balaban J connectivity index is 1.94. The molecule has 0 heterocycles. The largest absolute Gasteiger partial charge is 0.385 e. The van der Waals surface area contributed by atoms with Crippen LogP contribution in [0.2, 0.25) is 0 Å². The molecule has 0 saturated heterocycles. The molecule has 2 aliphatic rings. The fourth-order valence-corrected chi connectivity index (χ4v) is 3.90. The zero-order valence-electron chi connectivity index (χ0n) is 11.6. The molecule has 1 aromatic rings. The minimum atomic E-state index is -0.569. The first-order chi connectivity index (χ1) is 9.31. The van der Waals surface area contributed by atoms with Gasteiger partial charge in [-0.05, 0) is 49.7 Å². The molecule has 0 aliphatic heterocycles. The highest BCUT2D eigenvalue weighted by Crippen LogP contribution is 2.47. The van der Waals surface area contributed by atoms with Crippen LogP contribution < -0.4 is 0 Å². The molecule has 1 saturated carbocycles. The van der Waals surface area contributed by atoms with Crippen LogP contribution in [-0.4, -0.2) is 10.7 Å². The second-order valence-electron chi connectivity index (χ2n) is 6.11. The lowest BCUT2D eigenvalue weighted by atomic mass is 9.66. The standard InChI is InChI=1S/C18H24O/c19-18(16-11-5-2-6-12-16)14-8-7-13-17(18)15-9-3-1-4-10-15/h1,3-4,9-11,17,19H,2,5-8,12-14H2. The first kappa shape index (κ1) is 12.9. The van der Waals surface area contributed by atoms with E-state index in [-0.39, 0.29) is 0 Å². The van der Waals surface area contributed by atoms with Gasteiger partial charge in [0.05, 0.1) is 5.60 Å². The highest BCUT2D eigenvalue weighted by molar-refractivity contribution is 5.32. The van der Waals surface area contributed by atoms with Gasteiger partial charge in [-0.3, -0.25) is 0 Å². The lowest BCUT2D eigenvalue weighted by Gasteiger charge is -2.43. The van der Waals surface area contributed by atoms with Crippen LogP contribution in [0.25, 0.3) is 0 Å². The lowest BCUT2D eigenvalue weighted by molar-refractivity contribution is 0.0131. The van der Waals surface area contributed by atoms with Gasteiger partial charge in [0.2, 0.25) is 0 Å². The molecule has 1 fully saturated rings. The minimum Gasteiger partial charge on any atom is -0.385 e. The average molecular weight is 256 g/mol. The van der Waals surface area contributed by atoms with Crippen LogP contribution in [0.15, 0.2) is 42.0 Å². The van der Waals surface area contributed by atoms with Crippen LogP contribution in [0.4, 0.5) is 0 Å². The summed E-state index contributed by atoms with van der Waals surface area (Å²) in [4.78, 5) is 0. The Kier molecular flexibility index (Phi) is 3.74. The summed E-state index contributed by atoms with van der Waals surface area (Å²) in [5.41, 5.74) is 2.07. The van der Waals surface area contributed by atoms with Crippen molar-refractivity contribution in [2.24, 2.45) is 0 Å². The molecule has 2 unspecified atom stereocenters. The topological polar surface area (TPSA) is 20.2 Å². The summed E-state index contributed by atoms with van der Waals surface area (Å²) in [7, 11) is 0. The van der Waals surface area contributed by atoms with E-state index in [0.29, 0.717) is 5.92 Å². The highest BCUT2D eigenvalue weighted by Gasteiger charge is 2.42. The van der Waals surface area contributed by atoms with Crippen molar-refractivity contribution in [2.45, 2.75) is 62.9 Å². The SMILES string of the molecule is OC1(C2=CCCCC2)CCCCC1c1ccccc1. The van der Waals surface area contributed by atoms with Crippen molar-refractivity contribution in [1.29, 1.82) is 0 Å². The summed E-state index contributed by atoms with van der Waals surface area (Å²) in [6.45, 7) is 0. The Morgan fingerprint density at radius 2 is 1.84 bits per heavy atom. The van der Waals surface area contributed by atoms with E-state index in [1.807, 2.05) is 0 Å². The Morgan fingerprint density at radius 1 is 1.00 bits per heavy atom. The van der Waals surface area contributed by atoms with E-state index in [2.05, 4.69) is 36.4 Å². The van der Waals surface area contributed by atoms with Crippen LogP contribution in [0.3, 0.4) is 0 Å². The van der Waals surface area contributed by atoms with Gasteiger partial charge in [-0.15, -0.1) is 0 Å². The van der Waals surface area contributed by atoms with E-state index in [4.69, 9.17) is 0 Å². The maximum Gasteiger partial charge on any atom is 0.0924 e. The Hall–Kier alpha value is -1.08. The van der Waals surface area contributed by atoms with E-state index < -0.39 is 5.60 Å². The molecular weight excluding hydrogens is 232 g/mol. The number of benzene rings is 1. The fraction of sp³-hybridized carbons (Fsp3) is 0.556. The normalized spacial score (nSPS) is 31.8. The molecule has 0 bridgehead atoms. The summed E-state index contributed by atoms with van der Waals surface area (Å²) in [5, 5.41) is 11.3.